The van der Waals surface area contributed by atoms with Gasteiger partial charge in [-0.1, -0.05) is 29.2 Å². The Hall–Kier alpha value is -3.53. The lowest BCUT2D eigenvalue weighted by molar-refractivity contribution is -0.125. The zero-order chi connectivity index (χ0) is 20.6. The summed E-state index contributed by atoms with van der Waals surface area (Å²) < 4.78 is 0. The maximum atomic E-state index is 12.3. The molecule has 0 spiro atoms. The molecule has 0 bridgehead atoms. The van der Waals surface area contributed by atoms with E-state index < -0.39 is 11.1 Å². The van der Waals surface area contributed by atoms with Gasteiger partial charge in [0.1, 0.15) is 11.3 Å². The van der Waals surface area contributed by atoms with Crippen LogP contribution in [-0.4, -0.2) is 61.1 Å². The van der Waals surface area contributed by atoms with Gasteiger partial charge in [0.2, 0.25) is 0 Å². The number of pyridine rings is 1. The van der Waals surface area contributed by atoms with Crippen LogP contribution in [0.5, 0.6) is 0 Å². The maximum absolute atomic E-state index is 12.3. The summed E-state index contributed by atoms with van der Waals surface area (Å²) in [5.41, 5.74) is 8.25. The van der Waals surface area contributed by atoms with Gasteiger partial charge in [-0.15, -0.1) is 0 Å². The first kappa shape index (κ1) is 18.8. The molecule has 132 valence electrons. The first-order valence-electron chi connectivity index (χ1n) is 8.71. The van der Waals surface area contributed by atoms with Gasteiger partial charge in [-0.2, -0.15) is 0 Å². The number of rotatable bonds is 2. The van der Waals surface area contributed by atoms with E-state index in [2.05, 4.69) is 26.8 Å². The zero-order valence-electron chi connectivity index (χ0n) is 15.3. The summed E-state index contributed by atoms with van der Waals surface area (Å²) in [4.78, 5) is 26.4. The highest BCUT2D eigenvalue weighted by molar-refractivity contribution is 6.60. The molecule has 3 aromatic rings. The number of carbonyl (C=O) groups is 1. The van der Waals surface area contributed by atoms with Gasteiger partial charge in [0, 0.05) is 35.5 Å². The van der Waals surface area contributed by atoms with Crippen molar-refractivity contribution in [2.75, 3.05) is 12.3 Å². The van der Waals surface area contributed by atoms with Crippen molar-refractivity contribution in [2.45, 2.75) is 5.24 Å². The summed E-state index contributed by atoms with van der Waals surface area (Å²) >= 11 is 0. The fraction of sp³-hybridized carbons (Fsp3) is 0.100. The number of benzene rings is 1. The SMILES string of the molecule is [B]C([B])([B])N1CC=C(C#Cc2cccc(-c3ncc4ccnc(N)c4n3)c2)C1=O. The largest absolute Gasteiger partial charge is 0.382 e. The molecule has 1 aliphatic rings. The Balaban J connectivity index is 1.62. The maximum Gasteiger partial charge on any atom is 0.260 e. The van der Waals surface area contributed by atoms with Gasteiger partial charge in [0.25, 0.3) is 5.91 Å². The second-order valence-electron chi connectivity index (χ2n) is 6.58. The quantitative estimate of drug-likeness (QED) is 0.525. The van der Waals surface area contributed by atoms with Gasteiger partial charge in [0.15, 0.2) is 5.82 Å². The molecule has 6 nitrogen and oxygen atoms in total. The summed E-state index contributed by atoms with van der Waals surface area (Å²) in [6.07, 6.45) is 4.95. The van der Waals surface area contributed by atoms with Crippen LogP contribution in [-0.2, 0) is 4.79 Å². The predicted octanol–water partition coefficient (Wildman–Crippen LogP) is 0.511. The van der Waals surface area contributed by atoms with Crippen LogP contribution >= 0.6 is 0 Å². The van der Waals surface area contributed by atoms with Crippen molar-refractivity contribution in [1.29, 1.82) is 0 Å². The summed E-state index contributed by atoms with van der Waals surface area (Å²) in [5.74, 6) is 6.26. The lowest BCUT2D eigenvalue weighted by atomic mass is 9.48. The minimum atomic E-state index is -1.72. The Kier molecular flexibility index (Phi) is 4.63. The van der Waals surface area contributed by atoms with Gasteiger partial charge < -0.3 is 10.6 Å². The Morgan fingerprint density at radius 1 is 1.14 bits per heavy atom. The van der Waals surface area contributed by atoms with E-state index in [4.69, 9.17) is 29.3 Å². The Morgan fingerprint density at radius 2 is 1.97 bits per heavy atom. The lowest BCUT2D eigenvalue weighted by Crippen LogP contribution is -2.51. The van der Waals surface area contributed by atoms with Crippen molar-refractivity contribution in [1.82, 2.24) is 19.9 Å². The van der Waals surface area contributed by atoms with Gasteiger partial charge in [-0.25, -0.2) is 15.0 Å². The summed E-state index contributed by atoms with van der Waals surface area (Å²) in [5, 5.41) is -0.912. The van der Waals surface area contributed by atoms with E-state index in [1.165, 1.54) is 0 Å². The molecule has 0 saturated carbocycles. The molecule has 1 amide bonds. The molecular formula is C20H12B3N5O. The topological polar surface area (TPSA) is 85.0 Å². The standard InChI is InChI=1S/C20H12B3N5O/c21-20(22,23)28-9-7-13(19(28)29)5-4-12-2-1-3-14(10-12)18-26-11-15-6-8-25-17(24)16(15)27-18/h1-3,6-8,10-11H,9H2,(H2,24,25). The first-order chi connectivity index (χ1) is 13.8. The van der Waals surface area contributed by atoms with Crippen molar-refractivity contribution in [3.05, 3.63) is 59.9 Å². The van der Waals surface area contributed by atoms with Crippen LogP contribution in [0.3, 0.4) is 0 Å². The number of nitrogen functional groups attached to an aromatic ring is 1. The van der Waals surface area contributed by atoms with Crippen LogP contribution in [0.25, 0.3) is 22.3 Å². The number of anilines is 1. The monoisotopic (exact) mass is 371 g/mol. The van der Waals surface area contributed by atoms with Crippen molar-refractivity contribution in [2.24, 2.45) is 0 Å². The predicted molar refractivity (Wildman–Crippen MR) is 114 cm³/mol. The van der Waals surface area contributed by atoms with Crippen molar-refractivity contribution in [3.63, 3.8) is 0 Å². The van der Waals surface area contributed by atoms with E-state index in [0.717, 1.165) is 15.8 Å². The number of carbonyl (C=O) groups excluding carboxylic acids is 1. The number of fused-ring (bicyclic) bond motifs is 1. The van der Waals surface area contributed by atoms with Crippen LogP contribution < -0.4 is 5.73 Å². The molecule has 1 aliphatic heterocycles. The smallest absolute Gasteiger partial charge is 0.260 e. The highest BCUT2D eigenvalue weighted by Crippen LogP contribution is 2.22. The molecule has 0 unspecified atom stereocenters. The van der Waals surface area contributed by atoms with Gasteiger partial charge in [-0.3, -0.25) is 4.79 Å². The van der Waals surface area contributed by atoms with E-state index in [9.17, 15) is 4.79 Å². The third kappa shape index (κ3) is 3.74. The normalized spacial score (nSPS) is 13.9. The summed E-state index contributed by atoms with van der Waals surface area (Å²) in [6, 6.07) is 9.15. The summed E-state index contributed by atoms with van der Waals surface area (Å²) in [6.45, 7) is 0.215. The molecule has 4 rings (SSSR count). The number of hydrogen-bond donors (Lipinski definition) is 1. The Labute approximate surface area is 171 Å². The lowest BCUT2D eigenvalue weighted by Gasteiger charge is -2.33. The minimum Gasteiger partial charge on any atom is -0.382 e. The van der Waals surface area contributed by atoms with E-state index in [1.54, 1.807) is 24.5 Å². The molecule has 0 aliphatic carbocycles. The van der Waals surface area contributed by atoms with Crippen LogP contribution in [0.4, 0.5) is 5.82 Å². The fourth-order valence-corrected chi connectivity index (χ4v) is 2.93. The first-order valence-corrected chi connectivity index (χ1v) is 8.71. The van der Waals surface area contributed by atoms with Crippen LogP contribution in [0.1, 0.15) is 5.56 Å². The number of nitrogens with two attached hydrogens (primary N) is 1. The second kappa shape index (κ2) is 7.14. The fourth-order valence-electron chi connectivity index (χ4n) is 2.93. The molecule has 0 saturated heterocycles. The molecule has 9 heteroatoms. The summed E-state index contributed by atoms with van der Waals surface area (Å²) in [7, 11) is 16.8. The average Bonchev–Trinajstić information content (AvgIpc) is 3.07. The molecule has 6 radical (unpaired) electrons. The van der Waals surface area contributed by atoms with E-state index in [-0.39, 0.29) is 6.54 Å². The highest BCUT2D eigenvalue weighted by atomic mass is 16.2. The van der Waals surface area contributed by atoms with Crippen molar-refractivity contribution in [3.8, 4) is 23.2 Å². The molecular weight excluding hydrogens is 359 g/mol. The molecule has 0 fully saturated rings. The van der Waals surface area contributed by atoms with Gasteiger partial charge in [0.05, 0.1) is 29.1 Å². The van der Waals surface area contributed by atoms with Crippen LogP contribution in [0.15, 0.2) is 54.4 Å². The number of nitrogens with zero attached hydrogens (tertiary/aromatic N) is 4. The van der Waals surface area contributed by atoms with Gasteiger partial charge in [-0.05, 0) is 24.3 Å². The molecule has 2 aromatic heterocycles. The molecule has 29 heavy (non-hydrogen) atoms. The van der Waals surface area contributed by atoms with E-state index >= 15 is 0 Å². The third-order valence-corrected chi connectivity index (χ3v) is 4.41. The van der Waals surface area contributed by atoms with E-state index in [0.29, 0.717) is 28.3 Å². The molecule has 2 N–H and O–H groups in total. The van der Waals surface area contributed by atoms with Gasteiger partial charge >= 0.3 is 0 Å². The molecule has 0 atom stereocenters. The van der Waals surface area contributed by atoms with E-state index in [1.807, 2.05) is 24.3 Å². The Morgan fingerprint density at radius 3 is 2.72 bits per heavy atom. The van der Waals surface area contributed by atoms with Crippen molar-refractivity contribution >= 4 is 46.2 Å². The van der Waals surface area contributed by atoms with Crippen LogP contribution in [0, 0.1) is 11.8 Å². The van der Waals surface area contributed by atoms with Crippen molar-refractivity contribution < 1.29 is 4.79 Å². The highest BCUT2D eigenvalue weighted by Gasteiger charge is 2.30. The van der Waals surface area contributed by atoms with Crippen LogP contribution in [0.2, 0.25) is 0 Å². The average molecular weight is 371 g/mol. The molecule has 3 heterocycles. The number of aromatic nitrogens is 3. The molecule has 1 aromatic carbocycles. The zero-order valence-corrected chi connectivity index (χ0v) is 15.3. The number of hydrogen-bond acceptors (Lipinski definition) is 5. The third-order valence-electron chi connectivity index (χ3n) is 4.41. The number of amides is 1. The second-order valence-corrected chi connectivity index (χ2v) is 6.58. The Bertz CT molecular complexity index is 1220. The minimum absolute atomic E-state index is 0.215.